The minimum atomic E-state index is -0.635. The SMILES string of the molecule is CN1C(=O)CCC(NC(=O)C2=CC=C=CC=C2)C1=O. The number of imide groups is 1. The Morgan fingerprint density at radius 3 is 3.00 bits per heavy atom. The van der Waals surface area contributed by atoms with Crippen molar-refractivity contribution in [2.45, 2.75) is 18.9 Å². The third-order valence-electron chi connectivity index (χ3n) is 3.04. The van der Waals surface area contributed by atoms with Crippen LogP contribution in [0.3, 0.4) is 0 Å². The second-order valence-corrected chi connectivity index (χ2v) is 4.34. The van der Waals surface area contributed by atoms with Crippen LogP contribution in [0.2, 0.25) is 0 Å². The first-order chi connectivity index (χ1) is 9.09. The fraction of sp³-hybridized carbons (Fsp3) is 0.286. The largest absolute Gasteiger partial charge is 0.340 e. The number of allylic oxidation sites excluding steroid dienone is 3. The minimum absolute atomic E-state index is 0.212. The van der Waals surface area contributed by atoms with E-state index in [1.165, 1.54) is 7.05 Å². The van der Waals surface area contributed by atoms with E-state index in [1.54, 1.807) is 30.4 Å². The monoisotopic (exact) mass is 258 g/mol. The molecule has 1 heterocycles. The Kier molecular flexibility index (Phi) is 3.78. The van der Waals surface area contributed by atoms with Crippen LogP contribution >= 0.6 is 0 Å². The Morgan fingerprint density at radius 1 is 1.42 bits per heavy atom. The summed E-state index contributed by atoms with van der Waals surface area (Å²) in [5, 5.41) is 2.65. The predicted octanol–water partition coefficient (Wildman–Crippen LogP) is 0.458. The van der Waals surface area contributed by atoms with E-state index >= 15 is 0 Å². The van der Waals surface area contributed by atoms with Gasteiger partial charge in [0.2, 0.25) is 5.91 Å². The molecule has 1 atom stereocenters. The summed E-state index contributed by atoms with van der Waals surface area (Å²) in [5.74, 6) is -0.904. The van der Waals surface area contributed by atoms with Crippen molar-refractivity contribution >= 4 is 17.7 Å². The molecule has 5 nitrogen and oxygen atoms in total. The molecule has 1 N–H and O–H groups in total. The summed E-state index contributed by atoms with van der Waals surface area (Å²) in [5.41, 5.74) is 3.30. The molecule has 2 rings (SSSR count). The molecule has 19 heavy (non-hydrogen) atoms. The standard InChI is InChI=1S/C14H14N2O3/c1-16-12(17)9-8-11(14(16)19)15-13(18)10-6-4-2-3-5-7-10/h2,4-7,11H,8-9H2,1H3,(H,15,18). The van der Waals surface area contributed by atoms with Crippen LogP contribution in [0.25, 0.3) is 0 Å². The summed E-state index contributed by atoms with van der Waals surface area (Å²) in [6.07, 6.45) is 8.91. The summed E-state index contributed by atoms with van der Waals surface area (Å²) >= 11 is 0. The van der Waals surface area contributed by atoms with Crippen LogP contribution in [0.5, 0.6) is 0 Å². The number of hydrogen-bond donors (Lipinski definition) is 1. The zero-order chi connectivity index (χ0) is 13.8. The topological polar surface area (TPSA) is 66.5 Å². The lowest BCUT2D eigenvalue weighted by atomic mass is 10.0. The van der Waals surface area contributed by atoms with Gasteiger partial charge >= 0.3 is 0 Å². The Morgan fingerprint density at radius 2 is 2.21 bits per heavy atom. The Labute approximate surface area is 111 Å². The maximum atomic E-state index is 12.0. The van der Waals surface area contributed by atoms with Crippen molar-refractivity contribution in [1.29, 1.82) is 0 Å². The van der Waals surface area contributed by atoms with E-state index in [2.05, 4.69) is 11.0 Å². The smallest absolute Gasteiger partial charge is 0.251 e. The van der Waals surface area contributed by atoms with E-state index in [-0.39, 0.29) is 24.1 Å². The number of rotatable bonds is 2. The molecule has 0 bridgehead atoms. The number of likely N-dealkylation sites (tertiary alicyclic amines) is 1. The van der Waals surface area contributed by atoms with E-state index in [4.69, 9.17) is 0 Å². The van der Waals surface area contributed by atoms with Gasteiger partial charge in [-0.1, -0.05) is 6.08 Å². The molecule has 1 unspecified atom stereocenters. The van der Waals surface area contributed by atoms with Crippen LogP contribution in [0.1, 0.15) is 12.8 Å². The van der Waals surface area contributed by atoms with Crippen LogP contribution in [0, 0.1) is 0 Å². The van der Waals surface area contributed by atoms with Gasteiger partial charge in [-0.3, -0.25) is 19.3 Å². The zero-order valence-electron chi connectivity index (χ0n) is 10.6. The van der Waals surface area contributed by atoms with Crippen LogP contribution < -0.4 is 5.32 Å². The van der Waals surface area contributed by atoms with Crippen LogP contribution in [0.4, 0.5) is 0 Å². The van der Waals surface area contributed by atoms with Gasteiger partial charge in [-0.15, -0.1) is 5.73 Å². The first kappa shape index (κ1) is 13.1. The van der Waals surface area contributed by atoms with E-state index in [9.17, 15) is 14.4 Å². The second-order valence-electron chi connectivity index (χ2n) is 4.34. The highest BCUT2D eigenvalue weighted by atomic mass is 16.2. The Hall–Kier alpha value is -2.39. The molecule has 1 aliphatic carbocycles. The molecule has 1 aliphatic heterocycles. The third-order valence-corrected chi connectivity index (χ3v) is 3.04. The number of piperidine rings is 1. The minimum Gasteiger partial charge on any atom is -0.340 e. The van der Waals surface area contributed by atoms with Crippen molar-refractivity contribution in [2.75, 3.05) is 7.05 Å². The van der Waals surface area contributed by atoms with Gasteiger partial charge in [0.05, 0.1) is 0 Å². The van der Waals surface area contributed by atoms with Gasteiger partial charge in [0.1, 0.15) is 6.04 Å². The highest BCUT2D eigenvalue weighted by Gasteiger charge is 2.32. The lowest BCUT2D eigenvalue weighted by molar-refractivity contribution is -0.149. The molecule has 5 heteroatoms. The molecule has 2 aliphatic rings. The lowest BCUT2D eigenvalue weighted by Crippen LogP contribution is -2.53. The maximum Gasteiger partial charge on any atom is 0.251 e. The van der Waals surface area contributed by atoms with E-state index in [0.29, 0.717) is 12.0 Å². The molecule has 3 amide bonds. The van der Waals surface area contributed by atoms with Gasteiger partial charge in [0.15, 0.2) is 0 Å². The Bertz CT molecular complexity index is 551. The fourth-order valence-corrected chi connectivity index (χ4v) is 1.90. The predicted molar refractivity (Wildman–Crippen MR) is 68.8 cm³/mol. The number of nitrogens with one attached hydrogen (secondary N) is 1. The third kappa shape index (κ3) is 2.89. The van der Waals surface area contributed by atoms with Gasteiger partial charge in [-0.05, 0) is 30.7 Å². The zero-order valence-corrected chi connectivity index (χ0v) is 10.6. The van der Waals surface area contributed by atoms with Crippen molar-refractivity contribution in [3.05, 3.63) is 41.7 Å². The number of amides is 3. The molecule has 0 saturated carbocycles. The van der Waals surface area contributed by atoms with E-state index in [1.807, 2.05) is 0 Å². The summed E-state index contributed by atoms with van der Waals surface area (Å²) < 4.78 is 0. The van der Waals surface area contributed by atoms with E-state index in [0.717, 1.165) is 4.90 Å². The first-order valence-electron chi connectivity index (χ1n) is 6.00. The van der Waals surface area contributed by atoms with E-state index < -0.39 is 6.04 Å². The molecular formula is C14H14N2O3. The number of carbonyl (C=O) groups excluding carboxylic acids is 3. The summed E-state index contributed by atoms with van der Waals surface area (Å²) in [7, 11) is 1.43. The molecule has 0 aromatic rings. The van der Waals surface area contributed by atoms with Gasteiger partial charge in [0.25, 0.3) is 11.8 Å². The van der Waals surface area contributed by atoms with Gasteiger partial charge in [-0.2, -0.15) is 0 Å². The van der Waals surface area contributed by atoms with Gasteiger partial charge < -0.3 is 5.32 Å². The highest BCUT2D eigenvalue weighted by molar-refractivity contribution is 6.04. The molecule has 0 aromatic heterocycles. The maximum absolute atomic E-state index is 12.0. The molecule has 0 radical (unpaired) electrons. The van der Waals surface area contributed by atoms with Crippen molar-refractivity contribution < 1.29 is 14.4 Å². The van der Waals surface area contributed by atoms with Crippen LogP contribution in [0.15, 0.2) is 41.7 Å². The van der Waals surface area contributed by atoms with Gasteiger partial charge in [-0.25, -0.2) is 0 Å². The van der Waals surface area contributed by atoms with Crippen molar-refractivity contribution in [3.8, 4) is 0 Å². The molecule has 0 spiro atoms. The number of carbonyl (C=O) groups is 3. The molecular weight excluding hydrogens is 244 g/mol. The number of nitrogens with zero attached hydrogens (tertiary/aromatic N) is 1. The summed E-state index contributed by atoms with van der Waals surface area (Å²) in [4.78, 5) is 36.3. The lowest BCUT2D eigenvalue weighted by Gasteiger charge is -2.28. The van der Waals surface area contributed by atoms with Crippen molar-refractivity contribution in [3.63, 3.8) is 0 Å². The molecule has 1 fully saturated rings. The molecule has 98 valence electrons. The average Bonchev–Trinajstić information content (AvgIpc) is 2.68. The van der Waals surface area contributed by atoms with Crippen LogP contribution in [-0.4, -0.2) is 35.7 Å². The average molecular weight is 258 g/mol. The molecule has 1 saturated heterocycles. The summed E-state index contributed by atoms with van der Waals surface area (Å²) in [6, 6.07) is -0.635. The van der Waals surface area contributed by atoms with Gasteiger partial charge in [0, 0.05) is 19.0 Å². The van der Waals surface area contributed by atoms with Crippen molar-refractivity contribution in [1.82, 2.24) is 10.2 Å². The fourth-order valence-electron chi connectivity index (χ4n) is 1.90. The second kappa shape index (κ2) is 5.50. The normalized spacial score (nSPS) is 22.3. The number of likely N-dealkylation sites (N-methyl/N-ethyl adjacent to an activating group) is 1. The number of hydrogen-bond acceptors (Lipinski definition) is 3. The van der Waals surface area contributed by atoms with Crippen LogP contribution in [-0.2, 0) is 14.4 Å². The highest BCUT2D eigenvalue weighted by Crippen LogP contribution is 2.12. The Balaban J connectivity index is 2.04. The first-order valence-corrected chi connectivity index (χ1v) is 6.00. The summed E-state index contributed by atoms with van der Waals surface area (Å²) in [6.45, 7) is 0. The van der Waals surface area contributed by atoms with Crippen molar-refractivity contribution in [2.24, 2.45) is 0 Å². The molecule has 0 aromatic carbocycles. The quantitative estimate of drug-likeness (QED) is 0.578.